The number of hydrogen-bond acceptors (Lipinski definition) is 4. The fourth-order valence-electron chi connectivity index (χ4n) is 2.01. The van der Waals surface area contributed by atoms with Gasteiger partial charge in [-0.2, -0.15) is 5.10 Å². The zero-order chi connectivity index (χ0) is 13.1. The third-order valence-corrected chi connectivity index (χ3v) is 2.93. The molecule has 2 heterocycles. The fourth-order valence-corrected chi connectivity index (χ4v) is 2.01. The average Bonchev–Trinajstić information content (AvgIpc) is 2.85. The number of benzene rings is 1. The molecule has 19 heavy (non-hydrogen) atoms. The van der Waals surface area contributed by atoms with Crippen molar-refractivity contribution in [3.8, 4) is 0 Å². The molecule has 0 bridgehead atoms. The Kier molecular flexibility index (Phi) is 3.10. The minimum Gasteiger partial charge on any atom is -0.369 e. The van der Waals surface area contributed by atoms with Crippen molar-refractivity contribution in [1.82, 2.24) is 19.7 Å². The molecule has 5 heteroatoms. The SMILES string of the molecule is CCNc1cnc(Cn2ncc3ccccc32)cn1. The quantitative estimate of drug-likeness (QED) is 0.775. The molecule has 96 valence electrons. The van der Waals surface area contributed by atoms with Crippen LogP contribution in [0.3, 0.4) is 0 Å². The van der Waals surface area contributed by atoms with Crippen LogP contribution in [-0.2, 0) is 6.54 Å². The van der Waals surface area contributed by atoms with Gasteiger partial charge in [0.25, 0.3) is 0 Å². The summed E-state index contributed by atoms with van der Waals surface area (Å²) >= 11 is 0. The lowest BCUT2D eigenvalue weighted by Gasteiger charge is -2.05. The zero-order valence-electron chi connectivity index (χ0n) is 10.7. The van der Waals surface area contributed by atoms with Crippen molar-refractivity contribution in [1.29, 1.82) is 0 Å². The maximum absolute atomic E-state index is 4.39. The molecule has 0 aliphatic carbocycles. The maximum atomic E-state index is 4.39. The Morgan fingerprint density at radius 3 is 2.79 bits per heavy atom. The Bertz CT molecular complexity index is 672. The van der Waals surface area contributed by atoms with Crippen molar-refractivity contribution < 1.29 is 0 Å². The first-order chi connectivity index (χ1) is 9.36. The van der Waals surface area contributed by atoms with Gasteiger partial charge in [-0.15, -0.1) is 0 Å². The lowest BCUT2D eigenvalue weighted by Crippen LogP contribution is -2.05. The van der Waals surface area contributed by atoms with Crippen LogP contribution in [0.4, 0.5) is 5.82 Å². The molecule has 5 nitrogen and oxygen atoms in total. The third-order valence-electron chi connectivity index (χ3n) is 2.93. The van der Waals surface area contributed by atoms with Crippen molar-refractivity contribution in [3.63, 3.8) is 0 Å². The molecule has 0 saturated heterocycles. The van der Waals surface area contributed by atoms with E-state index < -0.39 is 0 Å². The molecule has 3 rings (SSSR count). The van der Waals surface area contributed by atoms with Gasteiger partial charge in [-0.05, 0) is 13.0 Å². The van der Waals surface area contributed by atoms with E-state index in [4.69, 9.17) is 0 Å². The van der Waals surface area contributed by atoms with E-state index in [1.807, 2.05) is 29.9 Å². The highest BCUT2D eigenvalue weighted by atomic mass is 15.3. The summed E-state index contributed by atoms with van der Waals surface area (Å²) in [5.41, 5.74) is 2.01. The number of fused-ring (bicyclic) bond motifs is 1. The summed E-state index contributed by atoms with van der Waals surface area (Å²) in [7, 11) is 0. The molecule has 0 aliphatic rings. The largest absolute Gasteiger partial charge is 0.369 e. The molecule has 0 fully saturated rings. The van der Waals surface area contributed by atoms with Gasteiger partial charge in [-0.25, -0.2) is 4.98 Å². The summed E-state index contributed by atoms with van der Waals surface area (Å²) in [6.07, 6.45) is 5.41. The van der Waals surface area contributed by atoms with E-state index in [-0.39, 0.29) is 0 Å². The average molecular weight is 253 g/mol. The molecular weight excluding hydrogens is 238 g/mol. The van der Waals surface area contributed by atoms with E-state index in [0.717, 1.165) is 29.0 Å². The number of aromatic nitrogens is 4. The molecule has 0 spiro atoms. The predicted octanol–water partition coefficient (Wildman–Crippen LogP) is 2.31. The van der Waals surface area contributed by atoms with Crippen molar-refractivity contribution >= 4 is 16.7 Å². The predicted molar refractivity (Wildman–Crippen MR) is 75.0 cm³/mol. The molecule has 2 aromatic heterocycles. The summed E-state index contributed by atoms with van der Waals surface area (Å²) in [5, 5.41) is 8.65. The number of anilines is 1. The van der Waals surface area contributed by atoms with E-state index in [0.29, 0.717) is 6.54 Å². The second kappa shape index (κ2) is 5.06. The zero-order valence-corrected chi connectivity index (χ0v) is 10.7. The Balaban J connectivity index is 1.84. The molecule has 1 N–H and O–H groups in total. The van der Waals surface area contributed by atoms with Gasteiger partial charge in [-0.1, -0.05) is 18.2 Å². The van der Waals surface area contributed by atoms with Gasteiger partial charge in [0.15, 0.2) is 0 Å². The van der Waals surface area contributed by atoms with Crippen molar-refractivity contribution in [2.24, 2.45) is 0 Å². The van der Waals surface area contributed by atoms with Crippen LogP contribution in [0.2, 0.25) is 0 Å². The monoisotopic (exact) mass is 253 g/mol. The minimum absolute atomic E-state index is 0.632. The van der Waals surface area contributed by atoms with Gasteiger partial charge in [0.2, 0.25) is 0 Å². The van der Waals surface area contributed by atoms with E-state index >= 15 is 0 Å². The lowest BCUT2D eigenvalue weighted by atomic mass is 10.2. The molecule has 0 unspecified atom stereocenters. The highest BCUT2D eigenvalue weighted by Crippen LogP contribution is 2.13. The fraction of sp³-hybridized carbons (Fsp3) is 0.214. The smallest absolute Gasteiger partial charge is 0.144 e. The molecule has 0 atom stereocenters. The molecule has 0 saturated carbocycles. The normalized spacial score (nSPS) is 10.8. The standard InChI is InChI=1S/C14H15N5/c1-2-15-14-9-16-12(8-17-14)10-19-13-6-4-3-5-11(13)7-18-19/h3-9H,2,10H2,1H3,(H,15,17). The van der Waals surface area contributed by atoms with E-state index in [1.165, 1.54) is 0 Å². The Hall–Kier alpha value is -2.43. The maximum Gasteiger partial charge on any atom is 0.144 e. The topological polar surface area (TPSA) is 55.6 Å². The molecule has 3 aromatic rings. The first-order valence-electron chi connectivity index (χ1n) is 6.32. The van der Waals surface area contributed by atoms with E-state index in [1.54, 1.807) is 12.4 Å². The van der Waals surface area contributed by atoms with Crippen LogP contribution in [0.15, 0.2) is 42.9 Å². The molecule has 1 aromatic carbocycles. The highest BCUT2D eigenvalue weighted by Gasteiger charge is 2.03. The summed E-state index contributed by atoms with van der Waals surface area (Å²) in [6.45, 7) is 3.51. The van der Waals surface area contributed by atoms with Gasteiger partial charge in [-0.3, -0.25) is 9.67 Å². The van der Waals surface area contributed by atoms with Gasteiger partial charge in [0.1, 0.15) is 5.82 Å². The highest BCUT2D eigenvalue weighted by molar-refractivity contribution is 5.78. The summed E-state index contributed by atoms with van der Waals surface area (Å²) in [6, 6.07) is 8.14. The van der Waals surface area contributed by atoms with Crippen LogP contribution < -0.4 is 5.32 Å². The van der Waals surface area contributed by atoms with Gasteiger partial charge in [0, 0.05) is 11.9 Å². The Labute approximate surface area is 111 Å². The number of nitrogens with one attached hydrogen (secondary N) is 1. The van der Waals surface area contributed by atoms with E-state index in [2.05, 4.69) is 32.5 Å². The first kappa shape index (κ1) is 11.6. The number of nitrogens with zero attached hydrogens (tertiary/aromatic N) is 4. The van der Waals surface area contributed by atoms with Crippen molar-refractivity contribution in [3.05, 3.63) is 48.5 Å². The second-order valence-electron chi connectivity index (χ2n) is 4.28. The Morgan fingerprint density at radius 2 is 2.00 bits per heavy atom. The molecule has 0 radical (unpaired) electrons. The van der Waals surface area contributed by atoms with Gasteiger partial charge in [0.05, 0.1) is 36.3 Å². The van der Waals surface area contributed by atoms with E-state index in [9.17, 15) is 0 Å². The van der Waals surface area contributed by atoms with Gasteiger partial charge < -0.3 is 5.32 Å². The molecular formula is C14H15N5. The number of hydrogen-bond donors (Lipinski definition) is 1. The van der Waals surface area contributed by atoms with Crippen molar-refractivity contribution in [2.45, 2.75) is 13.5 Å². The Morgan fingerprint density at radius 1 is 1.11 bits per heavy atom. The van der Waals surface area contributed by atoms with Crippen LogP contribution in [0.1, 0.15) is 12.6 Å². The number of para-hydroxylation sites is 1. The van der Waals surface area contributed by atoms with Crippen LogP contribution in [0.25, 0.3) is 10.9 Å². The lowest BCUT2D eigenvalue weighted by molar-refractivity contribution is 0.693. The van der Waals surface area contributed by atoms with Crippen LogP contribution >= 0.6 is 0 Å². The first-order valence-corrected chi connectivity index (χ1v) is 6.32. The summed E-state index contributed by atoms with van der Waals surface area (Å²) in [5.74, 6) is 0.802. The molecule has 0 aliphatic heterocycles. The third kappa shape index (κ3) is 2.40. The summed E-state index contributed by atoms with van der Waals surface area (Å²) < 4.78 is 1.94. The number of rotatable bonds is 4. The minimum atomic E-state index is 0.632. The molecule has 0 amide bonds. The van der Waals surface area contributed by atoms with Gasteiger partial charge >= 0.3 is 0 Å². The van der Waals surface area contributed by atoms with Crippen LogP contribution in [0.5, 0.6) is 0 Å². The van der Waals surface area contributed by atoms with Crippen LogP contribution in [0, 0.1) is 0 Å². The second-order valence-corrected chi connectivity index (χ2v) is 4.28. The summed E-state index contributed by atoms with van der Waals surface area (Å²) in [4.78, 5) is 8.71. The van der Waals surface area contributed by atoms with Crippen LogP contribution in [-0.4, -0.2) is 26.3 Å². The van der Waals surface area contributed by atoms with Crippen molar-refractivity contribution in [2.75, 3.05) is 11.9 Å².